The molecule has 0 atom stereocenters. The van der Waals surface area contributed by atoms with Crippen molar-refractivity contribution in [3.63, 3.8) is 0 Å². The van der Waals surface area contributed by atoms with E-state index < -0.39 is 0 Å². The Morgan fingerprint density at radius 1 is 0.395 bits per heavy atom. The standard InChI is InChI=1S/C36H22N2/c1-2-10-27-24(8-1)19-20-32-33(27)35(25-17-15-23(16-18-25)26-9-7-21-37-22-26)38-36-31-14-6-4-12-29(31)28-11-3-5-13-30(28)34(32)36/h1-22H. The molecule has 0 saturated heterocycles. The molecule has 6 aromatic carbocycles. The number of aromatic nitrogens is 2. The maximum Gasteiger partial charge on any atom is 0.0800 e. The van der Waals surface area contributed by atoms with E-state index in [4.69, 9.17) is 4.98 Å². The van der Waals surface area contributed by atoms with Gasteiger partial charge in [-0.2, -0.15) is 0 Å². The number of hydrogen-bond donors (Lipinski definition) is 0. The second-order valence-corrected chi connectivity index (χ2v) is 9.80. The number of rotatable bonds is 2. The van der Waals surface area contributed by atoms with Gasteiger partial charge in [-0.05, 0) is 49.5 Å². The smallest absolute Gasteiger partial charge is 0.0800 e. The number of pyridine rings is 2. The molecule has 176 valence electrons. The first-order valence-corrected chi connectivity index (χ1v) is 12.9. The minimum atomic E-state index is 1.02. The molecule has 0 unspecified atom stereocenters. The predicted octanol–water partition coefficient (Wildman–Crippen LogP) is 9.58. The van der Waals surface area contributed by atoms with Gasteiger partial charge in [-0.15, -0.1) is 0 Å². The molecule has 2 heteroatoms. The zero-order chi connectivity index (χ0) is 25.1. The molecule has 2 nitrogen and oxygen atoms in total. The normalized spacial score (nSPS) is 11.7. The summed E-state index contributed by atoms with van der Waals surface area (Å²) >= 11 is 0. The lowest BCUT2D eigenvalue weighted by molar-refractivity contribution is 1.33. The van der Waals surface area contributed by atoms with Crippen molar-refractivity contribution in [3.8, 4) is 22.4 Å². The second-order valence-electron chi connectivity index (χ2n) is 9.80. The minimum Gasteiger partial charge on any atom is -0.264 e. The van der Waals surface area contributed by atoms with Crippen LogP contribution in [0.1, 0.15) is 0 Å². The Hall–Kier alpha value is -5.08. The molecular formula is C36H22N2. The van der Waals surface area contributed by atoms with Gasteiger partial charge in [0.15, 0.2) is 0 Å². The SMILES string of the molecule is c1cncc(-c2ccc(-c3nc4c5ccccc5c5ccccc5c4c4ccc5ccccc5c34)cc2)c1. The molecule has 0 aliphatic carbocycles. The van der Waals surface area contributed by atoms with Crippen molar-refractivity contribution in [1.29, 1.82) is 0 Å². The Bertz CT molecular complexity index is 2160. The molecule has 2 heterocycles. The van der Waals surface area contributed by atoms with Crippen LogP contribution in [0, 0.1) is 0 Å². The average molecular weight is 483 g/mol. The quantitative estimate of drug-likeness (QED) is 0.229. The lowest BCUT2D eigenvalue weighted by Crippen LogP contribution is -1.94. The molecule has 8 aromatic rings. The van der Waals surface area contributed by atoms with Crippen molar-refractivity contribution >= 4 is 54.0 Å². The van der Waals surface area contributed by atoms with Gasteiger partial charge < -0.3 is 0 Å². The van der Waals surface area contributed by atoms with E-state index in [2.05, 4.69) is 120 Å². The van der Waals surface area contributed by atoms with Crippen LogP contribution in [-0.4, -0.2) is 9.97 Å². The molecule has 0 fully saturated rings. The van der Waals surface area contributed by atoms with Gasteiger partial charge in [0.1, 0.15) is 0 Å². The first kappa shape index (κ1) is 21.0. The highest BCUT2D eigenvalue weighted by Crippen LogP contribution is 2.43. The molecule has 0 bridgehead atoms. The summed E-state index contributed by atoms with van der Waals surface area (Å²) in [5, 5.41) is 11.0. The van der Waals surface area contributed by atoms with Crippen molar-refractivity contribution < 1.29 is 0 Å². The third-order valence-corrected chi connectivity index (χ3v) is 7.72. The van der Waals surface area contributed by atoms with Crippen molar-refractivity contribution in [2.75, 3.05) is 0 Å². The third kappa shape index (κ3) is 3.07. The Labute approximate surface area is 219 Å². The first-order chi connectivity index (χ1) is 18.9. The van der Waals surface area contributed by atoms with Crippen LogP contribution in [0.3, 0.4) is 0 Å². The summed E-state index contributed by atoms with van der Waals surface area (Å²) in [7, 11) is 0. The van der Waals surface area contributed by atoms with Crippen LogP contribution in [0.15, 0.2) is 134 Å². The van der Waals surface area contributed by atoms with Crippen LogP contribution in [0.2, 0.25) is 0 Å². The van der Waals surface area contributed by atoms with Gasteiger partial charge in [0.2, 0.25) is 0 Å². The molecule has 38 heavy (non-hydrogen) atoms. The maximum atomic E-state index is 5.49. The maximum absolute atomic E-state index is 5.49. The minimum absolute atomic E-state index is 1.02. The molecule has 0 saturated carbocycles. The third-order valence-electron chi connectivity index (χ3n) is 7.72. The Balaban J connectivity index is 1.55. The van der Waals surface area contributed by atoms with Crippen molar-refractivity contribution in [3.05, 3.63) is 134 Å². The van der Waals surface area contributed by atoms with E-state index in [1.807, 2.05) is 18.5 Å². The van der Waals surface area contributed by atoms with E-state index in [-0.39, 0.29) is 0 Å². The van der Waals surface area contributed by atoms with Gasteiger partial charge in [-0.3, -0.25) is 4.98 Å². The average Bonchev–Trinajstić information content (AvgIpc) is 3.01. The number of fused-ring (bicyclic) bond motifs is 10. The Morgan fingerprint density at radius 2 is 1.05 bits per heavy atom. The summed E-state index contributed by atoms with van der Waals surface area (Å²) in [6.45, 7) is 0. The van der Waals surface area contributed by atoms with Crippen molar-refractivity contribution in [1.82, 2.24) is 9.97 Å². The lowest BCUT2D eigenvalue weighted by Gasteiger charge is -2.17. The number of benzene rings is 6. The number of hydrogen-bond acceptors (Lipinski definition) is 2. The largest absolute Gasteiger partial charge is 0.264 e. The summed E-state index contributed by atoms with van der Waals surface area (Å²) in [6, 6.07) is 43.4. The summed E-state index contributed by atoms with van der Waals surface area (Å²) in [6.07, 6.45) is 3.71. The zero-order valence-electron chi connectivity index (χ0n) is 20.6. The molecule has 0 aliphatic heterocycles. The predicted molar refractivity (Wildman–Crippen MR) is 160 cm³/mol. The van der Waals surface area contributed by atoms with Crippen LogP contribution >= 0.6 is 0 Å². The van der Waals surface area contributed by atoms with Crippen LogP contribution in [0.25, 0.3) is 76.4 Å². The van der Waals surface area contributed by atoms with E-state index in [1.165, 1.54) is 48.5 Å². The van der Waals surface area contributed by atoms with Crippen LogP contribution < -0.4 is 0 Å². The van der Waals surface area contributed by atoms with E-state index >= 15 is 0 Å². The molecule has 8 rings (SSSR count). The van der Waals surface area contributed by atoms with Crippen molar-refractivity contribution in [2.24, 2.45) is 0 Å². The molecule has 2 aromatic heterocycles. The molecule has 0 spiro atoms. The molecule has 0 aliphatic rings. The Kier molecular flexibility index (Phi) is 4.55. The fourth-order valence-corrected chi connectivity index (χ4v) is 5.98. The summed E-state index contributed by atoms with van der Waals surface area (Å²) in [5.74, 6) is 0. The zero-order valence-corrected chi connectivity index (χ0v) is 20.6. The lowest BCUT2D eigenvalue weighted by atomic mass is 9.90. The van der Waals surface area contributed by atoms with Gasteiger partial charge in [-0.1, -0.05) is 115 Å². The van der Waals surface area contributed by atoms with Crippen molar-refractivity contribution in [2.45, 2.75) is 0 Å². The molecular weight excluding hydrogens is 460 g/mol. The van der Waals surface area contributed by atoms with Gasteiger partial charge in [-0.25, -0.2) is 4.98 Å². The summed E-state index contributed by atoms with van der Waals surface area (Å²) in [4.78, 5) is 9.78. The van der Waals surface area contributed by atoms with E-state index in [9.17, 15) is 0 Å². The molecule has 0 amide bonds. The van der Waals surface area contributed by atoms with Crippen LogP contribution in [0.5, 0.6) is 0 Å². The fourth-order valence-electron chi connectivity index (χ4n) is 5.98. The van der Waals surface area contributed by atoms with Crippen LogP contribution in [-0.2, 0) is 0 Å². The fraction of sp³-hybridized carbons (Fsp3) is 0. The summed E-state index contributed by atoms with van der Waals surface area (Å²) < 4.78 is 0. The highest BCUT2D eigenvalue weighted by atomic mass is 14.7. The Morgan fingerprint density at radius 3 is 1.82 bits per heavy atom. The molecule has 0 N–H and O–H groups in total. The van der Waals surface area contributed by atoms with Gasteiger partial charge in [0, 0.05) is 34.1 Å². The van der Waals surface area contributed by atoms with Crippen LogP contribution in [0.4, 0.5) is 0 Å². The van der Waals surface area contributed by atoms with Gasteiger partial charge in [0.25, 0.3) is 0 Å². The van der Waals surface area contributed by atoms with E-state index in [1.54, 1.807) is 0 Å². The first-order valence-electron chi connectivity index (χ1n) is 12.9. The monoisotopic (exact) mass is 482 g/mol. The molecule has 0 radical (unpaired) electrons. The van der Waals surface area contributed by atoms with E-state index in [0.29, 0.717) is 0 Å². The highest BCUT2D eigenvalue weighted by Gasteiger charge is 2.18. The summed E-state index contributed by atoms with van der Waals surface area (Å²) in [5.41, 5.74) is 5.43. The van der Waals surface area contributed by atoms with Gasteiger partial charge >= 0.3 is 0 Å². The highest BCUT2D eigenvalue weighted by molar-refractivity contribution is 6.33. The second kappa shape index (κ2) is 8.22. The van der Waals surface area contributed by atoms with Gasteiger partial charge in [0.05, 0.1) is 11.2 Å². The topological polar surface area (TPSA) is 25.8 Å². The van der Waals surface area contributed by atoms with E-state index in [0.717, 1.165) is 27.9 Å². The number of nitrogens with zero attached hydrogens (tertiary/aromatic N) is 2.